The molecule has 0 amide bonds. The van der Waals surface area contributed by atoms with Gasteiger partial charge in [0.2, 0.25) is 0 Å². The molecule has 2 N–H and O–H groups in total. The van der Waals surface area contributed by atoms with Gasteiger partial charge in [-0.25, -0.2) is 8.42 Å². The van der Waals surface area contributed by atoms with Crippen LogP contribution in [-0.4, -0.2) is 23.2 Å². The van der Waals surface area contributed by atoms with E-state index >= 15 is 0 Å². The van der Waals surface area contributed by atoms with Crippen molar-refractivity contribution >= 4 is 32.9 Å². The van der Waals surface area contributed by atoms with Crippen LogP contribution in [0.4, 0.5) is 0 Å². The van der Waals surface area contributed by atoms with E-state index in [-0.39, 0.29) is 80.5 Å². The van der Waals surface area contributed by atoms with Crippen molar-refractivity contribution in [2.45, 2.75) is 9.79 Å². The summed E-state index contributed by atoms with van der Waals surface area (Å²) in [6.07, 6.45) is 0. The molecular weight excluding hydrogens is 358 g/mol. The molecule has 0 unspecified atom stereocenters. The molecule has 0 radical (unpaired) electrons. The van der Waals surface area contributed by atoms with E-state index in [1.165, 1.54) is 6.07 Å². The Balaban J connectivity index is 0.00000220. The zero-order chi connectivity index (χ0) is 14.9. The maximum absolute atomic E-state index is 11.0. The Labute approximate surface area is 173 Å². The number of rotatable bonds is 4. The van der Waals surface area contributed by atoms with E-state index in [9.17, 15) is 28.4 Å². The smallest absolute Gasteiger partial charge is 0.744 e. The summed E-state index contributed by atoms with van der Waals surface area (Å²) < 4.78 is 36.9. The number of benzene rings is 2. The molecule has 2 rings (SSSR count). The van der Waals surface area contributed by atoms with E-state index in [2.05, 4.69) is 9.37 Å². The van der Waals surface area contributed by atoms with Gasteiger partial charge in [0.25, 0.3) is 0 Å². The maximum atomic E-state index is 11.0. The molecule has 2 aromatic carbocycles. The quantitative estimate of drug-likeness (QED) is 0.179. The molecule has 0 aromatic heterocycles. The van der Waals surface area contributed by atoms with Crippen LogP contribution in [0.25, 0.3) is 10.8 Å². The molecule has 0 aliphatic rings. The fourth-order valence-electron chi connectivity index (χ4n) is 1.66. The third-order valence-electron chi connectivity index (χ3n) is 2.40. The second kappa shape index (κ2) is 9.06. The molecule has 0 atom stereocenters. The van der Waals surface area contributed by atoms with Gasteiger partial charge >= 0.3 is 59.1 Å². The minimum atomic E-state index is -4.76. The molecule has 8 nitrogen and oxygen atoms in total. The van der Waals surface area contributed by atoms with E-state index in [1.807, 2.05) is 0 Å². The molecule has 108 valence electrons. The molecule has 0 aliphatic heterocycles. The first-order chi connectivity index (χ1) is 9.32. The summed E-state index contributed by atoms with van der Waals surface area (Å²) in [5, 5.41) is 32.3. The summed E-state index contributed by atoms with van der Waals surface area (Å²) in [6.45, 7) is 0. The van der Waals surface area contributed by atoms with Gasteiger partial charge in [-0.3, -0.25) is 5.04 Å². The van der Waals surface area contributed by atoms with Crippen LogP contribution < -0.4 is 64.4 Å². The van der Waals surface area contributed by atoms with Crippen molar-refractivity contribution in [2.75, 3.05) is 0 Å². The van der Waals surface area contributed by atoms with Gasteiger partial charge in [-0.2, -0.15) is 4.33 Å². The Bertz CT molecular complexity index is 765. The zero-order valence-corrected chi connectivity index (χ0v) is 17.1. The van der Waals surface area contributed by atoms with Gasteiger partial charge in [-0.1, -0.05) is 0 Å². The molecular formula is C10H6Na2O8S2. The van der Waals surface area contributed by atoms with E-state index < -0.39 is 20.8 Å². The van der Waals surface area contributed by atoms with Gasteiger partial charge in [-0.05, 0) is 29.7 Å². The normalized spacial score (nSPS) is 10.8. The number of hydrogen-bond donors (Lipinski definition) is 2. The van der Waals surface area contributed by atoms with Gasteiger partial charge in [0.15, 0.2) is 0 Å². The van der Waals surface area contributed by atoms with Crippen LogP contribution in [0.15, 0.2) is 34.1 Å². The fraction of sp³-hybridized carbons (Fsp3) is 0. The largest absolute Gasteiger partial charge is 1.00 e. The van der Waals surface area contributed by atoms with Crippen molar-refractivity contribution in [2.24, 2.45) is 0 Å². The average Bonchev–Trinajstić information content (AvgIpc) is 2.34. The first kappa shape index (κ1) is 22.4. The molecule has 0 bridgehead atoms. The summed E-state index contributed by atoms with van der Waals surface area (Å²) >= 11 is 0.465. The standard InChI is InChI=1S/C10H8O8S2.2Na/c11-8-3-6(19-18-17-13)1-5-2-7(20(14,15)16)4-9(12)10(5)8;;/h1-4,11-13H,(H,14,15,16);;/q;2*+1/p-2. The number of phenols is 2. The topological polar surface area (TPSA) is 139 Å². The van der Waals surface area contributed by atoms with Gasteiger partial charge < -0.3 is 20.0 Å². The fourth-order valence-corrected chi connectivity index (χ4v) is 2.63. The molecule has 22 heavy (non-hydrogen) atoms. The third-order valence-corrected chi connectivity index (χ3v) is 3.77. The molecule has 2 aromatic rings. The van der Waals surface area contributed by atoms with Crippen LogP contribution in [-0.2, 0) is 19.5 Å². The molecule has 0 fully saturated rings. The average molecular weight is 364 g/mol. The van der Waals surface area contributed by atoms with Crippen LogP contribution in [0.2, 0.25) is 0 Å². The summed E-state index contributed by atoms with van der Waals surface area (Å²) in [5.41, 5.74) is 0. The van der Waals surface area contributed by atoms with Gasteiger partial charge in [0, 0.05) is 4.90 Å². The third kappa shape index (κ3) is 5.23. The van der Waals surface area contributed by atoms with Crippen molar-refractivity contribution in [3.8, 4) is 11.5 Å². The van der Waals surface area contributed by atoms with Gasteiger partial charge in [-0.15, -0.1) is 0 Å². The molecule has 0 spiro atoms. The summed E-state index contributed by atoms with van der Waals surface area (Å²) in [6, 6.07) is 4.19. The van der Waals surface area contributed by atoms with Crippen molar-refractivity contribution in [1.82, 2.24) is 0 Å². The second-order valence-corrected chi connectivity index (χ2v) is 5.81. The number of phenolic OH excluding ortho intramolecular Hbond substituents is 2. The summed E-state index contributed by atoms with van der Waals surface area (Å²) in [5.74, 6) is -0.946. The summed E-state index contributed by atoms with van der Waals surface area (Å²) in [7, 11) is -4.76. The van der Waals surface area contributed by atoms with Crippen molar-refractivity contribution in [1.29, 1.82) is 0 Å². The number of hydrogen-bond acceptors (Lipinski definition) is 9. The predicted octanol–water partition coefficient (Wildman–Crippen LogP) is -5.61. The van der Waals surface area contributed by atoms with Crippen LogP contribution in [0.1, 0.15) is 0 Å². The zero-order valence-electron chi connectivity index (χ0n) is 11.5. The number of aromatic hydroxyl groups is 2. The molecule has 0 heterocycles. The Hall–Kier alpha value is 0.440. The van der Waals surface area contributed by atoms with Crippen LogP contribution >= 0.6 is 12.0 Å². The predicted molar refractivity (Wildman–Crippen MR) is 63.3 cm³/mol. The van der Waals surface area contributed by atoms with Crippen molar-refractivity contribution in [3.63, 3.8) is 0 Å². The Morgan fingerprint density at radius 2 is 1.64 bits per heavy atom. The Morgan fingerprint density at radius 1 is 1.05 bits per heavy atom. The second-order valence-electron chi connectivity index (χ2n) is 3.66. The van der Waals surface area contributed by atoms with E-state index in [0.717, 1.165) is 18.2 Å². The first-order valence-corrected chi connectivity index (χ1v) is 7.06. The van der Waals surface area contributed by atoms with Crippen LogP contribution in [0.3, 0.4) is 0 Å². The minimum absolute atomic E-state index is 0. The Morgan fingerprint density at radius 3 is 2.18 bits per heavy atom. The van der Waals surface area contributed by atoms with Gasteiger partial charge in [0.1, 0.15) is 21.6 Å². The van der Waals surface area contributed by atoms with E-state index in [1.54, 1.807) is 0 Å². The summed E-state index contributed by atoms with van der Waals surface area (Å²) in [4.78, 5) is -0.448. The van der Waals surface area contributed by atoms with E-state index in [4.69, 9.17) is 0 Å². The SMILES string of the molecule is O=S(=O)([O-])c1cc(O)c2c(O)cc(SOO[O-])cc2c1.[Na+].[Na+]. The monoisotopic (exact) mass is 364 g/mol. The van der Waals surface area contributed by atoms with Crippen molar-refractivity contribution < 1.29 is 96.9 Å². The van der Waals surface area contributed by atoms with Crippen LogP contribution in [0.5, 0.6) is 11.5 Å². The van der Waals surface area contributed by atoms with Gasteiger partial charge in [0.05, 0.1) is 22.3 Å². The Kier molecular flexibility index (Phi) is 9.24. The minimum Gasteiger partial charge on any atom is -0.744 e. The molecule has 12 heteroatoms. The van der Waals surface area contributed by atoms with E-state index in [0.29, 0.717) is 12.0 Å². The van der Waals surface area contributed by atoms with Crippen LogP contribution in [0, 0.1) is 0 Å². The molecule has 0 saturated carbocycles. The van der Waals surface area contributed by atoms with Crippen molar-refractivity contribution in [3.05, 3.63) is 24.3 Å². The first-order valence-electron chi connectivity index (χ1n) is 4.91. The molecule has 0 aliphatic carbocycles. The molecule has 0 saturated heterocycles. The maximum Gasteiger partial charge on any atom is 1.00 e. The number of fused-ring (bicyclic) bond motifs is 1.